The van der Waals surface area contributed by atoms with E-state index in [2.05, 4.69) is 37.9 Å². The van der Waals surface area contributed by atoms with Gasteiger partial charge in [0.15, 0.2) is 0 Å². The minimum Gasteiger partial charge on any atom is -0.339 e. The number of hydrogen-bond acceptors (Lipinski definition) is 8. The van der Waals surface area contributed by atoms with Gasteiger partial charge in [-0.1, -0.05) is 54.9 Å². The molecule has 2 aliphatic rings. The van der Waals surface area contributed by atoms with E-state index in [1.54, 1.807) is 11.3 Å². The number of hydrogen-bond donors (Lipinski definition) is 0. The number of carbonyl (C=O) groups excluding carboxylic acids is 1. The maximum absolute atomic E-state index is 12.7. The van der Waals surface area contributed by atoms with Crippen LogP contribution in [0.15, 0.2) is 40.9 Å². The molecule has 2 fully saturated rings. The number of nitrogens with zero attached hydrogens (tertiary/aromatic N) is 7. The van der Waals surface area contributed by atoms with Crippen molar-refractivity contribution in [2.24, 2.45) is 0 Å². The first-order chi connectivity index (χ1) is 15.8. The summed E-state index contributed by atoms with van der Waals surface area (Å²) >= 11 is 3.15. The summed E-state index contributed by atoms with van der Waals surface area (Å²) < 4.78 is 1.92. The molecule has 0 spiro atoms. The maximum atomic E-state index is 12.7. The third-order valence-electron chi connectivity index (χ3n) is 6.14. The minimum absolute atomic E-state index is 0.163. The van der Waals surface area contributed by atoms with E-state index in [1.165, 1.54) is 24.6 Å². The van der Waals surface area contributed by atoms with E-state index in [1.807, 2.05) is 27.8 Å². The first-order valence-electron chi connectivity index (χ1n) is 11.2. The van der Waals surface area contributed by atoms with Crippen LogP contribution in [0.5, 0.6) is 0 Å². The molecule has 0 radical (unpaired) electrons. The van der Waals surface area contributed by atoms with Crippen LogP contribution in [0.25, 0.3) is 10.6 Å². The van der Waals surface area contributed by atoms with Crippen LogP contribution in [-0.2, 0) is 11.3 Å². The van der Waals surface area contributed by atoms with E-state index < -0.39 is 0 Å². The molecule has 3 heterocycles. The Bertz CT molecular complexity index is 1020. The lowest BCUT2D eigenvalue weighted by molar-refractivity contribution is -0.130. The summed E-state index contributed by atoms with van der Waals surface area (Å²) in [7, 11) is 0. The molecule has 3 aromatic rings. The number of carbonyl (C=O) groups is 1. The Balaban J connectivity index is 1.09. The van der Waals surface area contributed by atoms with Crippen LogP contribution >= 0.6 is 23.1 Å². The fourth-order valence-electron chi connectivity index (χ4n) is 4.35. The van der Waals surface area contributed by atoms with E-state index in [0.29, 0.717) is 11.8 Å². The fourth-order valence-corrected chi connectivity index (χ4v) is 6.02. The van der Waals surface area contributed by atoms with Crippen LogP contribution in [0.4, 0.5) is 0 Å². The smallest absolute Gasteiger partial charge is 0.233 e. The normalized spacial score (nSPS) is 17.8. The van der Waals surface area contributed by atoms with Crippen molar-refractivity contribution in [3.05, 3.63) is 41.4 Å². The number of benzene rings is 1. The van der Waals surface area contributed by atoms with Gasteiger partial charge in [0.25, 0.3) is 0 Å². The minimum atomic E-state index is 0.163. The number of tetrazole rings is 1. The van der Waals surface area contributed by atoms with Gasteiger partial charge in [-0.2, -0.15) is 0 Å². The van der Waals surface area contributed by atoms with Crippen LogP contribution in [0, 0.1) is 0 Å². The highest BCUT2D eigenvalue weighted by molar-refractivity contribution is 7.99. The summed E-state index contributed by atoms with van der Waals surface area (Å²) in [5.41, 5.74) is 2.26. The Morgan fingerprint density at radius 3 is 2.66 bits per heavy atom. The van der Waals surface area contributed by atoms with Crippen molar-refractivity contribution in [1.82, 2.24) is 35.0 Å². The lowest BCUT2D eigenvalue weighted by Crippen LogP contribution is -2.48. The number of aromatic nitrogens is 5. The molecule has 0 bridgehead atoms. The second-order valence-electron chi connectivity index (χ2n) is 8.30. The van der Waals surface area contributed by atoms with Crippen LogP contribution in [0.1, 0.15) is 37.4 Å². The van der Waals surface area contributed by atoms with Crippen molar-refractivity contribution < 1.29 is 4.79 Å². The topological polar surface area (TPSA) is 80.0 Å². The van der Waals surface area contributed by atoms with Crippen molar-refractivity contribution in [2.45, 2.75) is 43.4 Å². The number of piperazine rings is 1. The molecule has 1 aliphatic heterocycles. The first-order valence-corrected chi connectivity index (χ1v) is 13.0. The molecule has 0 atom stereocenters. The highest BCUT2D eigenvalue weighted by Crippen LogP contribution is 2.31. The van der Waals surface area contributed by atoms with Crippen molar-refractivity contribution in [2.75, 3.05) is 31.9 Å². The van der Waals surface area contributed by atoms with Gasteiger partial charge >= 0.3 is 0 Å². The molecule has 1 saturated heterocycles. The van der Waals surface area contributed by atoms with Gasteiger partial charge in [-0.25, -0.2) is 9.67 Å². The SMILES string of the molecule is O=C(CSc1nnnn1C1CCCC1)N1CCN(Cc2csc(-c3ccccc3)n2)CC1. The number of thioether (sulfide) groups is 1. The zero-order chi connectivity index (χ0) is 21.8. The van der Waals surface area contributed by atoms with Crippen molar-refractivity contribution in [3.8, 4) is 10.6 Å². The molecule has 32 heavy (non-hydrogen) atoms. The molecule has 8 nitrogen and oxygen atoms in total. The Morgan fingerprint density at radius 2 is 1.88 bits per heavy atom. The maximum Gasteiger partial charge on any atom is 0.233 e. The Kier molecular flexibility index (Phi) is 6.80. The second kappa shape index (κ2) is 10.1. The summed E-state index contributed by atoms with van der Waals surface area (Å²) in [4.78, 5) is 21.9. The molecule has 1 aromatic carbocycles. The average molecular weight is 470 g/mol. The van der Waals surface area contributed by atoms with Gasteiger partial charge in [-0.15, -0.1) is 16.4 Å². The van der Waals surface area contributed by atoms with Gasteiger partial charge in [-0.05, 0) is 23.3 Å². The molecule has 2 aromatic heterocycles. The molecular formula is C22H27N7OS2. The molecule has 0 N–H and O–H groups in total. The predicted molar refractivity (Wildman–Crippen MR) is 125 cm³/mol. The van der Waals surface area contributed by atoms with E-state index in [-0.39, 0.29) is 5.91 Å². The number of thiazole rings is 1. The summed E-state index contributed by atoms with van der Waals surface area (Å²) in [5.74, 6) is 0.551. The third-order valence-corrected chi connectivity index (χ3v) is 8.00. The number of rotatable bonds is 7. The molecule has 168 valence electrons. The van der Waals surface area contributed by atoms with E-state index >= 15 is 0 Å². The van der Waals surface area contributed by atoms with Crippen LogP contribution in [-0.4, -0.2) is 72.8 Å². The zero-order valence-corrected chi connectivity index (χ0v) is 19.6. The van der Waals surface area contributed by atoms with Crippen molar-refractivity contribution in [1.29, 1.82) is 0 Å². The Hall–Kier alpha value is -2.30. The summed E-state index contributed by atoms with van der Waals surface area (Å²) in [5, 5.41) is 16.1. The van der Waals surface area contributed by atoms with E-state index in [9.17, 15) is 4.79 Å². The Labute approximate surface area is 196 Å². The fraction of sp³-hybridized carbons (Fsp3) is 0.500. The van der Waals surface area contributed by atoms with Gasteiger partial charge < -0.3 is 4.90 Å². The Morgan fingerprint density at radius 1 is 1.09 bits per heavy atom. The summed E-state index contributed by atoms with van der Waals surface area (Å²) in [6.45, 7) is 4.07. The highest BCUT2D eigenvalue weighted by atomic mass is 32.2. The predicted octanol–water partition coefficient (Wildman–Crippen LogP) is 3.35. The van der Waals surface area contributed by atoms with Gasteiger partial charge in [0.05, 0.1) is 17.5 Å². The van der Waals surface area contributed by atoms with Gasteiger partial charge in [-0.3, -0.25) is 9.69 Å². The average Bonchev–Trinajstić information content (AvgIpc) is 3.60. The molecule has 1 amide bonds. The van der Waals surface area contributed by atoms with Gasteiger partial charge in [0.1, 0.15) is 5.01 Å². The van der Waals surface area contributed by atoms with Gasteiger partial charge in [0, 0.05) is 43.7 Å². The van der Waals surface area contributed by atoms with E-state index in [4.69, 9.17) is 4.98 Å². The summed E-state index contributed by atoms with van der Waals surface area (Å²) in [6, 6.07) is 10.7. The lowest BCUT2D eigenvalue weighted by Gasteiger charge is -2.34. The van der Waals surface area contributed by atoms with Crippen LogP contribution in [0.3, 0.4) is 0 Å². The second-order valence-corrected chi connectivity index (χ2v) is 10.1. The lowest BCUT2D eigenvalue weighted by atomic mass is 10.2. The standard InChI is InChI=1S/C22H27N7OS2/c30-20(16-32-22-24-25-26-29(22)19-8-4-5-9-19)28-12-10-27(11-13-28)14-18-15-31-21(23-18)17-6-2-1-3-7-17/h1-3,6-7,15,19H,4-5,8-14,16H2. The monoisotopic (exact) mass is 469 g/mol. The third kappa shape index (κ3) is 5.02. The molecule has 0 unspecified atom stereocenters. The largest absolute Gasteiger partial charge is 0.339 e. The molecule has 1 aliphatic carbocycles. The molecule has 1 saturated carbocycles. The zero-order valence-electron chi connectivity index (χ0n) is 18.0. The van der Waals surface area contributed by atoms with Crippen molar-refractivity contribution >= 4 is 29.0 Å². The highest BCUT2D eigenvalue weighted by Gasteiger charge is 2.25. The quantitative estimate of drug-likeness (QED) is 0.491. The number of amides is 1. The molecule has 5 rings (SSSR count). The van der Waals surface area contributed by atoms with E-state index in [0.717, 1.165) is 67.0 Å². The first kappa shape index (κ1) is 21.5. The molecular weight excluding hydrogens is 442 g/mol. The molecule has 10 heteroatoms. The van der Waals surface area contributed by atoms with Crippen LogP contribution < -0.4 is 0 Å². The van der Waals surface area contributed by atoms with Crippen LogP contribution in [0.2, 0.25) is 0 Å². The van der Waals surface area contributed by atoms with Crippen molar-refractivity contribution in [3.63, 3.8) is 0 Å². The van der Waals surface area contributed by atoms with Gasteiger partial charge in [0.2, 0.25) is 11.1 Å². The summed E-state index contributed by atoms with van der Waals surface area (Å²) in [6.07, 6.45) is 4.71.